The van der Waals surface area contributed by atoms with Crippen molar-refractivity contribution in [1.29, 1.82) is 0 Å². The third-order valence-corrected chi connectivity index (χ3v) is 7.63. The number of aromatic nitrogens is 1. The van der Waals surface area contributed by atoms with E-state index in [1.165, 1.54) is 28.8 Å². The maximum atomic E-state index is 13.8. The summed E-state index contributed by atoms with van der Waals surface area (Å²) in [6.07, 6.45) is -4.59. The van der Waals surface area contributed by atoms with Crippen molar-refractivity contribution in [3.8, 4) is 0 Å². The van der Waals surface area contributed by atoms with Gasteiger partial charge < -0.3 is 9.88 Å². The van der Waals surface area contributed by atoms with Gasteiger partial charge in [0.15, 0.2) is 6.04 Å². The minimum atomic E-state index is -4.59. The monoisotopic (exact) mass is 523 g/mol. The predicted octanol–water partition coefficient (Wildman–Crippen LogP) is 6.00. The van der Waals surface area contributed by atoms with Crippen LogP contribution in [0.3, 0.4) is 0 Å². The van der Waals surface area contributed by atoms with Crippen molar-refractivity contribution in [1.82, 2.24) is 9.88 Å². The van der Waals surface area contributed by atoms with Crippen molar-refractivity contribution < 1.29 is 22.8 Å². The van der Waals surface area contributed by atoms with Gasteiger partial charge in [-0.3, -0.25) is 14.5 Å². The number of anilines is 1. The number of alkyl halides is 3. The molecule has 0 spiro atoms. The fourth-order valence-corrected chi connectivity index (χ4v) is 5.80. The minimum absolute atomic E-state index is 0.0149. The van der Waals surface area contributed by atoms with Crippen LogP contribution in [-0.2, 0) is 29.4 Å². The van der Waals surface area contributed by atoms with Crippen LogP contribution in [0.5, 0.6) is 0 Å². The lowest BCUT2D eigenvalue weighted by Crippen LogP contribution is -2.44. The molecule has 1 atom stereocenters. The standard InChI is InChI=1S/C28H24F3N3O2S/c1-17-10-12-18(13-11-17)15-32-27(36)25-24-26(21-8-3-4-9-22(21)33(24)2)37-16-23(35)34(25)20-7-5-6-19(14-20)28(29,30)31/h3-14,25H,15-16H2,1-2H3,(H,32,36). The summed E-state index contributed by atoms with van der Waals surface area (Å²) in [5.74, 6) is -0.931. The number of para-hydroxylation sites is 1. The van der Waals surface area contributed by atoms with E-state index in [0.29, 0.717) is 5.69 Å². The number of nitrogens with one attached hydrogen (secondary N) is 1. The van der Waals surface area contributed by atoms with Crippen molar-refractivity contribution in [3.05, 3.63) is 95.2 Å². The summed E-state index contributed by atoms with van der Waals surface area (Å²) < 4.78 is 42.5. The van der Waals surface area contributed by atoms with E-state index in [-0.39, 0.29) is 18.0 Å². The zero-order valence-electron chi connectivity index (χ0n) is 20.2. The molecule has 5 rings (SSSR count). The molecule has 0 fully saturated rings. The van der Waals surface area contributed by atoms with E-state index >= 15 is 0 Å². The number of carbonyl (C=O) groups is 2. The first-order valence-electron chi connectivity index (χ1n) is 11.7. The Morgan fingerprint density at radius 1 is 1.05 bits per heavy atom. The topological polar surface area (TPSA) is 54.3 Å². The molecule has 3 aromatic carbocycles. The van der Waals surface area contributed by atoms with Gasteiger partial charge in [0.1, 0.15) is 0 Å². The lowest BCUT2D eigenvalue weighted by molar-refractivity contribution is -0.137. The van der Waals surface area contributed by atoms with E-state index in [9.17, 15) is 22.8 Å². The molecule has 0 aliphatic carbocycles. The molecule has 1 N–H and O–H groups in total. The van der Waals surface area contributed by atoms with Crippen molar-refractivity contribution in [3.63, 3.8) is 0 Å². The SMILES string of the molecule is Cc1ccc(CNC(=O)C2c3c(c4ccccc4n3C)SCC(=O)N2c2cccc(C(F)(F)F)c2)cc1. The Bertz CT molecular complexity index is 1500. The Hall–Kier alpha value is -3.72. The number of rotatable bonds is 4. The van der Waals surface area contributed by atoms with Gasteiger partial charge in [-0.15, -0.1) is 11.8 Å². The van der Waals surface area contributed by atoms with Crippen molar-refractivity contribution >= 4 is 40.2 Å². The molecule has 1 aliphatic rings. The number of halogens is 3. The molecule has 0 saturated carbocycles. The lowest BCUT2D eigenvalue weighted by Gasteiger charge is -2.30. The fourth-order valence-electron chi connectivity index (χ4n) is 4.67. The van der Waals surface area contributed by atoms with Gasteiger partial charge in [0, 0.05) is 35.1 Å². The molecule has 1 aromatic heterocycles. The molecule has 0 saturated heterocycles. The molecular formula is C28H24F3N3O2S. The molecule has 37 heavy (non-hydrogen) atoms. The van der Waals surface area contributed by atoms with Crippen LogP contribution >= 0.6 is 11.8 Å². The summed E-state index contributed by atoms with van der Waals surface area (Å²) in [6, 6.07) is 18.7. The zero-order chi connectivity index (χ0) is 26.3. The number of fused-ring (bicyclic) bond motifs is 3. The highest BCUT2D eigenvalue weighted by molar-refractivity contribution is 8.00. The van der Waals surface area contributed by atoms with Gasteiger partial charge in [-0.25, -0.2) is 0 Å². The zero-order valence-corrected chi connectivity index (χ0v) is 21.0. The normalized spacial score (nSPS) is 16.0. The third kappa shape index (κ3) is 4.71. The van der Waals surface area contributed by atoms with Gasteiger partial charge in [-0.05, 0) is 36.8 Å². The first-order valence-corrected chi connectivity index (χ1v) is 12.7. The summed E-state index contributed by atoms with van der Waals surface area (Å²) >= 11 is 1.30. The highest BCUT2D eigenvalue weighted by atomic mass is 32.2. The fraction of sp³-hybridized carbons (Fsp3) is 0.214. The quantitative estimate of drug-likeness (QED) is 0.357. The maximum Gasteiger partial charge on any atom is 0.416 e. The Balaban J connectivity index is 1.64. The Labute approximate surface area is 216 Å². The number of nitrogens with zero attached hydrogens (tertiary/aromatic N) is 2. The van der Waals surface area contributed by atoms with Gasteiger partial charge in [-0.1, -0.05) is 54.1 Å². The molecule has 2 heterocycles. The van der Waals surface area contributed by atoms with E-state index in [4.69, 9.17) is 0 Å². The molecular weight excluding hydrogens is 499 g/mol. The summed E-state index contributed by atoms with van der Waals surface area (Å²) in [5.41, 5.74) is 2.53. The van der Waals surface area contributed by atoms with E-state index in [1.807, 2.05) is 67.1 Å². The Kier molecular flexibility index (Phi) is 6.49. The van der Waals surface area contributed by atoms with Crippen LogP contribution in [0.15, 0.2) is 77.7 Å². The summed E-state index contributed by atoms with van der Waals surface area (Å²) in [4.78, 5) is 29.3. The minimum Gasteiger partial charge on any atom is -0.350 e. The van der Waals surface area contributed by atoms with Crippen molar-refractivity contribution in [2.45, 2.75) is 30.6 Å². The molecule has 2 amide bonds. The van der Waals surface area contributed by atoms with Crippen molar-refractivity contribution in [2.24, 2.45) is 7.05 Å². The molecule has 1 unspecified atom stereocenters. The van der Waals surface area contributed by atoms with E-state index in [0.717, 1.165) is 39.1 Å². The van der Waals surface area contributed by atoms with Gasteiger partial charge in [0.05, 0.1) is 17.0 Å². The van der Waals surface area contributed by atoms with Crippen LogP contribution in [0.2, 0.25) is 0 Å². The van der Waals surface area contributed by atoms with E-state index in [2.05, 4.69) is 5.32 Å². The second-order valence-corrected chi connectivity index (χ2v) is 9.98. The molecule has 0 bridgehead atoms. The smallest absolute Gasteiger partial charge is 0.350 e. The van der Waals surface area contributed by atoms with Crippen LogP contribution in [0.4, 0.5) is 18.9 Å². The third-order valence-electron chi connectivity index (χ3n) is 6.52. The number of aryl methyl sites for hydroxylation is 2. The van der Waals surface area contributed by atoms with Crippen molar-refractivity contribution in [2.75, 3.05) is 10.7 Å². The second kappa shape index (κ2) is 9.63. The summed E-state index contributed by atoms with van der Waals surface area (Å²) in [7, 11) is 1.81. The van der Waals surface area contributed by atoms with Gasteiger partial charge in [0.2, 0.25) is 11.8 Å². The first kappa shape index (κ1) is 25.0. The highest BCUT2D eigenvalue weighted by Crippen LogP contribution is 2.44. The number of thioether (sulfide) groups is 1. The average molecular weight is 524 g/mol. The largest absolute Gasteiger partial charge is 0.416 e. The Morgan fingerprint density at radius 3 is 2.51 bits per heavy atom. The van der Waals surface area contributed by atoms with Gasteiger partial charge >= 0.3 is 6.18 Å². The number of amides is 2. The summed E-state index contributed by atoms with van der Waals surface area (Å²) in [5, 5.41) is 3.80. The molecule has 9 heteroatoms. The van der Waals surface area contributed by atoms with E-state index < -0.39 is 29.6 Å². The second-order valence-electron chi connectivity index (χ2n) is 9.00. The van der Waals surface area contributed by atoms with Gasteiger partial charge in [0.25, 0.3) is 0 Å². The number of carbonyl (C=O) groups excluding carboxylic acids is 2. The van der Waals surface area contributed by atoms with Crippen LogP contribution < -0.4 is 10.2 Å². The van der Waals surface area contributed by atoms with Crippen LogP contribution in [0, 0.1) is 6.92 Å². The van der Waals surface area contributed by atoms with Crippen LogP contribution in [0.25, 0.3) is 10.9 Å². The molecule has 0 radical (unpaired) electrons. The maximum absolute atomic E-state index is 13.8. The molecule has 5 nitrogen and oxygen atoms in total. The number of hydrogen-bond acceptors (Lipinski definition) is 3. The lowest BCUT2D eigenvalue weighted by atomic mass is 10.1. The molecule has 4 aromatic rings. The molecule has 1 aliphatic heterocycles. The highest BCUT2D eigenvalue weighted by Gasteiger charge is 2.41. The Morgan fingerprint density at radius 2 is 1.78 bits per heavy atom. The number of benzene rings is 3. The first-order chi connectivity index (χ1) is 17.6. The van der Waals surface area contributed by atoms with E-state index in [1.54, 1.807) is 0 Å². The molecule has 190 valence electrons. The van der Waals surface area contributed by atoms with Gasteiger partial charge in [-0.2, -0.15) is 13.2 Å². The summed E-state index contributed by atoms with van der Waals surface area (Å²) in [6.45, 7) is 2.18. The van der Waals surface area contributed by atoms with Crippen LogP contribution in [-0.4, -0.2) is 22.1 Å². The van der Waals surface area contributed by atoms with Crippen LogP contribution in [0.1, 0.15) is 28.4 Å². The average Bonchev–Trinajstić information content (AvgIpc) is 3.05. The predicted molar refractivity (Wildman–Crippen MR) is 138 cm³/mol. The number of hydrogen-bond donors (Lipinski definition) is 1.